The number of aliphatic hydroxyl groups excluding tert-OH is 1. The van der Waals surface area contributed by atoms with Crippen LogP contribution in [0.1, 0.15) is 82.8 Å². The van der Waals surface area contributed by atoms with E-state index in [2.05, 4.69) is 10.6 Å². The van der Waals surface area contributed by atoms with Crippen LogP contribution in [0.2, 0.25) is 0 Å². The quantitative estimate of drug-likeness (QED) is 0.192. The van der Waals surface area contributed by atoms with Gasteiger partial charge in [-0.05, 0) is 86.4 Å². The smallest absolute Gasteiger partial charge is 0.253 e. The van der Waals surface area contributed by atoms with Gasteiger partial charge in [0.15, 0.2) is 29.1 Å². The molecule has 4 fully saturated rings. The number of imide groups is 1. The predicted octanol–water partition coefficient (Wildman–Crippen LogP) is 5.90. The molecule has 12 atom stereocenters. The van der Waals surface area contributed by atoms with Crippen molar-refractivity contribution in [3.05, 3.63) is 101 Å². The first-order valence-electron chi connectivity index (χ1n) is 22.1. The van der Waals surface area contributed by atoms with E-state index >= 15 is 8.78 Å². The molecule has 0 radical (unpaired) electrons. The second kappa shape index (κ2) is 17.8. The Morgan fingerprint density at radius 1 is 0.970 bits per heavy atom. The molecule has 3 N–H and O–H groups in total. The molecule has 1 saturated heterocycles. The highest BCUT2D eigenvalue weighted by Gasteiger charge is 2.80. The second-order valence-electron chi connectivity index (χ2n) is 18.8. The zero-order valence-electron chi connectivity index (χ0n) is 36.9. The van der Waals surface area contributed by atoms with Crippen LogP contribution in [0, 0.1) is 28.6 Å². The van der Waals surface area contributed by atoms with Crippen molar-refractivity contribution in [2.45, 2.75) is 108 Å². The summed E-state index contributed by atoms with van der Waals surface area (Å²) in [6, 6.07) is 12.5. The fraction of sp³-hybridized carbons (Fsp3) is 0.490. The third-order valence-corrected chi connectivity index (χ3v) is 15.7. The van der Waals surface area contributed by atoms with Crippen LogP contribution < -0.4 is 10.6 Å². The van der Waals surface area contributed by atoms with Gasteiger partial charge in [0.25, 0.3) is 11.8 Å². The van der Waals surface area contributed by atoms with Crippen LogP contribution in [0.5, 0.6) is 0 Å². The molecule has 17 heteroatoms. The van der Waals surface area contributed by atoms with Crippen molar-refractivity contribution in [2.24, 2.45) is 28.6 Å². The van der Waals surface area contributed by atoms with Crippen molar-refractivity contribution >= 4 is 57.8 Å². The standard InChI is InChI=1S/C49H52F3N3O10S/c1-26(18-37(57)27(2)53-40(59)15-17-55-41(60)12-13-42(55)61)43(62)54-31-7-5-6-29(20-31)19-28-8-10-30(11-9-28)44-64-39-23-33-34-22-36(51)35-21-32(56)14-16-46(35,3)48(34,52)38(58)24-47(33,4)49(39,65-44)45(63)66-25-50/h5-14,16,20-21,26-27,33-34,36,38-39,44,58H,15,17-19,22-25H2,1-4H3,(H,53,59)(H,54,62)/t26-,27+,33+,34+,36+,38+,39-,44-,46+,47+,48+,49+/m1/s1. The van der Waals surface area contributed by atoms with E-state index in [0.29, 0.717) is 29.4 Å². The number of ketones is 2. The van der Waals surface area contributed by atoms with Crippen LogP contribution in [-0.2, 0) is 49.5 Å². The van der Waals surface area contributed by atoms with Gasteiger partial charge in [0, 0.05) is 65.5 Å². The summed E-state index contributed by atoms with van der Waals surface area (Å²) in [5.41, 5.74) is -4.26. The third kappa shape index (κ3) is 7.88. The minimum Gasteiger partial charge on any atom is -0.390 e. The summed E-state index contributed by atoms with van der Waals surface area (Å²) >= 11 is 0.424. The molecular weight excluding hydrogens is 880 g/mol. The van der Waals surface area contributed by atoms with E-state index in [9.17, 15) is 43.1 Å². The molecule has 2 aromatic carbocycles. The van der Waals surface area contributed by atoms with Gasteiger partial charge >= 0.3 is 0 Å². The van der Waals surface area contributed by atoms with Gasteiger partial charge in [-0.15, -0.1) is 0 Å². The summed E-state index contributed by atoms with van der Waals surface area (Å²) in [6.45, 7) is 6.21. The van der Waals surface area contributed by atoms with Crippen LogP contribution in [0.4, 0.5) is 18.9 Å². The topological polar surface area (TPSA) is 185 Å². The lowest BCUT2D eigenvalue weighted by Gasteiger charge is -2.63. The fourth-order valence-electron chi connectivity index (χ4n) is 11.5. The minimum absolute atomic E-state index is 0.0123. The monoisotopic (exact) mass is 931 g/mol. The predicted molar refractivity (Wildman–Crippen MR) is 235 cm³/mol. The van der Waals surface area contributed by atoms with Gasteiger partial charge in [-0.1, -0.05) is 68.1 Å². The number of allylic oxidation sites excluding steroid dienone is 4. The lowest BCUT2D eigenvalue weighted by Crippen LogP contribution is -2.70. The van der Waals surface area contributed by atoms with Crippen molar-refractivity contribution in [1.82, 2.24) is 10.2 Å². The van der Waals surface area contributed by atoms with Crippen LogP contribution in [0.15, 0.2) is 84.5 Å². The van der Waals surface area contributed by atoms with Gasteiger partial charge in [0.05, 0.1) is 18.2 Å². The summed E-state index contributed by atoms with van der Waals surface area (Å²) in [6.07, 6.45) is 0.210. The number of hydrogen-bond acceptors (Lipinski definition) is 11. The van der Waals surface area contributed by atoms with Gasteiger partial charge in [0.2, 0.25) is 16.9 Å². The van der Waals surface area contributed by atoms with Gasteiger partial charge < -0.3 is 25.2 Å². The van der Waals surface area contributed by atoms with E-state index in [4.69, 9.17) is 9.47 Å². The molecule has 0 aromatic heterocycles. The Morgan fingerprint density at radius 2 is 1.68 bits per heavy atom. The number of hydrogen-bond donors (Lipinski definition) is 3. The first-order chi connectivity index (χ1) is 31.2. The Morgan fingerprint density at radius 3 is 2.38 bits per heavy atom. The molecule has 0 spiro atoms. The maximum atomic E-state index is 17.8. The molecule has 2 heterocycles. The highest BCUT2D eigenvalue weighted by atomic mass is 32.2. The molecule has 0 unspecified atom stereocenters. The van der Waals surface area contributed by atoms with E-state index < -0.39 is 111 Å². The van der Waals surface area contributed by atoms with E-state index in [1.165, 1.54) is 26.0 Å². The van der Waals surface area contributed by atoms with Crippen molar-refractivity contribution in [2.75, 3.05) is 17.9 Å². The molecule has 0 bridgehead atoms. The van der Waals surface area contributed by atoms with Crippen LogP contribution >= 0.6 is 11.8 Å². The summed E-state index contributed by atoms with van der Waals surface area (Å²) in [7, 11) is 0. The third-order valence-electron chi connectivity index (χ3n) is 15.0. The lowest BCUT2D eigenvalue weighted by atomic mass is 9.44. The molecule has 2 aromatic rings. The molecule has 13 nitrogen and oxygen atoms in total. The number of thioether (sulfide) groups is 1. The van der Waals surface area contributed by atoms with Gasteiger partial charge in [0.1, 0.15) is 12.2 Å². The van der Waals surface area contributed by atoms with E-state index in [0.717, 1.165) is 34.3 Å². The number of carbonyl (C=O) groups is 7. The Balaban J connectivity index is 0.896. The number of amides is 4. The van der Waals surface area contributed by atoms with E-state index in [1.807, 2.05) is 18.2 Å². The normalized spacial score (nSPS) is 33.9. The summed E-state index contributed by atoms with van der Waals surface area (Å²) in [5.74, 6) is -5.26. The first-order valence-corrected chi connectivity index (χ1v) is 23.1. The number of ether oxygens (including phenoxy) is 2. The van der Waals surface area contributed by atoms with Crippen LogP contribution in [-0.4, -0.2) is 98.6 Å². The molecule has 2 aliphatic heterocycles. The van der Waals surface area contributed by atoms with E-state index in [-0.39, 0.29) is 50.0 Å². The Kier molecular flexibility index (Phi) is 12.7. The molecule has 350 valence electrons. The van der Waals surface area contributed by atoms with Crippen LogP contribution in [0.25, 0.3) is 0 Å². The first kappa shape index (κ1) is 47.3. The maximum Gasteiger partial charge on any atom is 0.253 e. The highest BCUT2D eigenvalue weighted by molar-refractivity contribution is 8.13. The molecule has 4 aliphatic carbocycles. The Labute approximate surface area is 384 Å². The molecule has 66 heavy (non-hydrogen) atoms. The largest absolute Gasteiger partial charge is 0.390 e. The molecule has 6 aliphatic rings. The highest BCUT2D eigenvalue weighted by Crippen LogP contribution is 2.73. The maximum absolute atomic E-state index is 17.8. The zero-order valence-corrected chi connectivity index (χ0v) is 37.7. The lowest BCUT2D eigenvalue weighted by molar-refractivity contribution is -0.232. The Bertz CT molecular complexity index is 2450. The van der Waals surface area contributed by atoms with Crippen molar-refractivity contribution in [3.8, 4) is 0 Å². The van der Waals surface area contributed by atoms with Crippen molar-refractivity contribution in [3.63, 3.8) is 0 Å². The number of nitrogens with zero attached hydrogens (tertiary/aromatic N) is 1. The van der Waals surface area contributed by atoms with Gasteiger partial charge in [-0.25, -0.2) is 13.2 Å². The minimum atomic E-state index is -2.37. The Hall–Kier alpha value is -5.23. The number of aliphatic hydroxyl groups is 1. The SMILES string of the molecule is C[C@H](CC(=O)[C@H](C)NC(=O)CCN1C(=O)C=CC1=O)C(=O)Nc1cccc(Cc2ccc([C@@H]3O[C@@H]4C[C@H]5[C@@H]6C[C@H](F)C7=CC(=O)C=C[C@]7(C)[C@@]6(F)[C@@H](O)C[C@]5(C)[C@]4(C(=O)SCF)O3)cc2)c1. The number of anilines is 1. The van der Waals surface area contributed by atoms with Crippen LogP contribution in [0.3, 0.4) is 0 Å². The number of nitrogens with one attached hydrogen (secondary N) is 2. The van der Waals surface area contributed by atoms with Gasteiger partial charge in [-0.3, -0.25) is 38.5 Å². The molecule has 3 saturated carbocycles. The second-order valence-corrected chi connectivity index (χ2v) is 19.7. The number of halogens is 3. The number of carbonyl (C=O) groups excluding carboxylic acids is 7. The number of benzene rings is 2. The number of Topliss-reactive ketones (excluding diaryl/α,β-unsaturated/α-hetero) is 1. The van der Waals surface area contributed by atoms with Gasteiger partial charge in [-0.2, -0.15) is 0 Å². The average Bonchev–Trinajstić information content (AvgIpc) is 3.90. The molecular formula is C49H52F3N3O10S. The summed E-state index contributed by atoms with van der Waals surface area (Å²) < 4.78 is 60.9. The number of rotatable bonds is 14. The molecule has 4 amide bonds. The number of alkyl halides is 3. The van der Waals surface area contributed by atoms with Crippen molar-refractivity contribution in [1.29, 1.82) is 0 Å². The van der Waals surface area contributed by atoms with Crippen molar-refractivity contribution < 1.29 is 61.3 Å². The van der Waals surface area contributed by atoms with E-state index in [1.54, 1.807) is 44.2 Å². The summed E-state index contributed by atoms with van der Waals surface area (Å²) in [4.78, 5) is 89.2. The number of fused-ring (bicyclic) bond motifs is 7. The zero-order chi connectivity index (χ0) is 47.5. The molecule has 8 rings (SSSR count). The average molecular weight is 932 g/mol. The summed E-state index contributed by atoms with van der Waals surface area (Å²) in [5, 5.41) is 16.6. The fourth-order valence-corrected chi connectivity index (χ4v) is 12.2.